The molecule has 0 bridgehead atoms. The van der Waals surface area contributed by atoms with Crippen molar-refractivity contribution in [2.45, 2.75) is 50.4 Å². The molecule has 1 atom stereocenters. The summed E-state index contributed by atoms with van der Waals surface area (Å²) in [7, 11) is -3.73. The van der Waals surface area contributed by atoms with E-state index in [4.69, 9.17) is 4.42 Å². The summed E-state index contributed by atoms with van der Waals surface area (Å²) < 4.78 is 33.1. The molecule has 0 aliphatic carbocycles. The van der Waals surface area contributed by atoms with Gasteiger partial charge in [0, 0.05) is 4.88 Å². The van der Waals surface area contributed by atoms with Gasteiger partial charge in [-0.2, -0.15) is 4.72 Å². The summed E-state index contributed by atoms with van der Waals surface area (Å²) in [6, 6.07) is 6.04. The van der Waals surface area contributed by atoms with Crippen LogP contribution in [-0.2, 0) is 27.8 Å². The van der Waals surface area contributed by atoms with E-state index < -0.39 is 16.1 Å². The summed E-state index contributed by atoms with van der Waals surface area (Å²) in [5, 5.41) is 2.72. The summed E-state index contributed by atoms with van der Waals surface area (Å²) >= 11 is 1.23. The molecule has 1 amide bonds. The second-order valence-electron chi connectivity index (χ2n) is 6.17. The van der Waals surface area contributed by atoms with Crippen LogP contribution < -0.4 is 10.0 Å². The Balaban J connectivity index is 2.08. The monoisotopic (exact) mass is 384 g/mol. The summed E-state index contributed by atoms with van der Waals surface area (Å²) in [5.74, 6) is 0.419. The minimum absolute atomic E-state index is 0.164. The van der Waals surface area contributed by atoms with Gasteiger partial charge in [0.05, 0.1) is 12.8 Å². The Labute approximate surface area is 152 Å². The second kappa shape index (κ2) is 8.64. The summed E-state index contributed by atoms with van der Waals surface area (Å²) in [5.41, 5.74) is 0. The van der Waals surface area contributed by atoms with Crippen molar-refractivity contribution in [3.05, 3.63) is 41.2 Å². The van der Waals surface area contributed by atoms with Gasteiger partial charge in [-0.15, -0.1) is 11.3 Å². The maximum atomic E-state index is 12.6. The third kappa shape index (κ3) is 5.69. The highest BCUT2D eigenvalue weighted by Crippen LogP contribution is 2.22. The molecule has 0 spiro atoms. The van der Waals surface area contributed by atoms with Crippen LogP contribution in [0.1, 0.15) is 37.8 Å². The van der Waals surface area contributed by atoms with Gasteiger partial charge in [0.1, 0.15) is 16.0 Å². The average molecular weight is 385 g/mol. The van der Waals surface area contributed by atoms with E-state index in [1.807, 2.05) is 20.8 Å². The van der Waals surface area contributed by atoms with E-state index in [-0.39, 0.29) is 22.6 Å². The Bertz CT molecular complexity index is 779. The number of thiophene rings is 1. The van der Waals surface area contributed by atoms with Crippen molar-refractivity contribution in [3.8, 4) is 0 Å². The minimum Gasteiger partial charge on any atom is -0.467 e. The van der Waals surface area contributed by atoms with Crippen LogP contribution in [0.5, 0.6) is 0 Å². The van der Waals surface area contributed by atoms with E-state index >= 15 is 0 Å². The lowest BCUT2D eigenvalue weighted by molar-refractivity contribution is -0.123. The van der Waals surface area contributed by atoms with Gasteiger partial charge in [0.15, 0.2) is 0 Å². The van der Waals surface area contributed by atoms with Gasteiger partial charge in [-0.3, -0.25) is 4.79 Å². The summed E-state index contributed by atoms with van der Waals surface area (Å²) in [4.78, 5) is 13.5. The molecule has 2 aromatic rings. The molecule has 25 heavy (non-hydrogen) atoms. The molecule has 0 aliphatic heterocycles. The zero-order valence-corrected chi connectivity index (χ0v) is 16.2. The number of nitrogens with one attached hydrogen (secondary N) is 2. The van der Waals surface area contributed by atoms with Gasteiger partial charge in [0.25, 0.3) is 10.0 Å². The molecule has 6 nitrogen and oxygen atoms in total. The number of sulfonamides is 1. The summed E-state index contributed by atoms with van der Waals surface area (Å²) in [6.45, 7) is 6.09. The highest BCUT2D eigenvalue weighted by molar-refractivity contribution is 7.91. The normalized spacial score (nSPS) is 13.1. The highest BCUT2D eigenvalue weighted by Gasteiger charge is 2.27. The van der Waals surface area contributed by atoms with Crippen LogP contribution in [0, 0.1) is 5.92 Å². The molecule has 0 radical (unpaired) electrons. The molecule has 0 saturated heterocycles. The molecule has 0 saturated carbocycles. The first-order valence-corrected chi connectivity index (χ1v) is 10.5. The molecule has 0 fully saturated rings. The van der Waals surface area contributed by atoms with Gasteiger partial charge < -0.3 is 9.73 Å². The predicted octanol–water partition coefficient (Wildman–Crippen LogP) is 2.91. The van der Waals surface area contributed by atoms with E-state index in [2.05, 4.69) is 10.0 Å². The topological polar surface area (TPSA) is 88.4 Å². The third-order valence-corrected chi connectivity index (χ3v) is 6.78. The van der Waals surface area contributed by atoms with Crippen molar-refractivity contribution >= 4 is 27.3 Å². The average Bonchev–Trinajstić information content (AvgIpc) is 3.22. The quantitative estimate of drug-likeness (QED) is 0.696. The Kier molecular flexibility index (Phi) is 6.80. The lowest BCUT2D eigenvalue weighted by Crippen LogP contribution is -2.46. The van der Waals surface area contributed by atoms with E-state index in [0.29, 0.717) is 12.2 Å². The molecule has 2 heterocycles. The van der Waals surface area contributed by atoms with Crippen LogP contribution in [0.4, 0.5) is 0 Å². The first kappa shape index (κ1) is 19.7. The van der Waals surface area contributed by atoms with Crippen molar-refractivity contribution in [2.24, 2.45) is 5.92 Å². The molecule has 2 aromatic heterocycles. The minimum atomic E-state index is -3.73. The fourth-order valence-electron chi connectivity index (χ4n) is 2.33. The number of hydrogen-bond donors (Lipinski definition) is 2. The Morgan fingerprint density at radius 2 is 2.04 bits per heavy atom. The number of carbonyl (C=O) groups excluding carboxylic acids is 1. The van der Waals surface area contributed by atoms with E-state index in [0.717, 1.165) is 11.3 Å². The van der Waals surface area contributed by atoms with Crippen LogP contribution in [-0.4, -0.2) is 20.4 Å². The van der Waals surface area contributed by atoms with Crippen molar-refractivity contribution in [2.75, 3.05) is 0 Å². The fraction of sp³-hybridized carbons (Fsp3) is 0.471. The maximum absolute atomic E-state index is 12.6. The highest BCUT2D eigenvalue weighted by atomic mass is 32.2. The maximum Gasteiger partial charge on any atom is 0.250 e. The van der Waals surface area contributed by atoms with Crippen LogP contribution in [0.3, 0.4) is 0 Å². The Morgan fingerprint density at radius 3 is 2.60 bits per heavy atom. The molecule has 8 heteroatoms. The number of furan rings is 1. The van der Waals surface area contributed by atoms with Crippen LogP contribution >= 0.6 is 11.3 Å². The molecule has 0 aromatic carbocycles. The fourth-order valence-corrected chi connectivity index (χ4v) is 4.85. The van der Waals surface area contributed by atoms with Crippen molar-refractivity contribution in [3.63, 3.8) is 0 Å². The van der Waals surface area contributed by atoms with Crippen LogP contribution in [0.25, 0.3) is 0 Å². The molecule has 2 N–H and O–H groups in total. The zero-order chi connectivity index (χ0) is 18.4. The van der Waals surface area contributed by atoms with E-state index in [9.17, 15) is 13.2 Å². The molecular weight excluding hydrogens is 360 g/mol. The van der Waals surface area contributed by atoms with Gasteiger partial charge in [0.2, 0.25) is 5.91 Å². The zero-order valence-electron chi connectivity index (χ0n) is 14.6. The number of hydrogen-bond acceptors (Lipinski definition) is 5. The predicted molar refractivity (Wildman–Crippen MR) is 97.8 cm³/mol. The van der Waals surface area contributed by atoms with Crippen LogP contribution in [0.2, 0.25) is 0 Å². The molecule has 0 aliphatic rings. The van der Waals surface area contributed by atoms with Crippen molar-refractivity contribution in [1.29, 1.82) is 0 Å². The number of rotatable bonds is 9. The van der Waals surface area contributed by atoms with Gasteiger partial charge in [-0.1, -0.05) is 20.8 Å². The Hall–Kier alpha value is -1.64. The molecule has 138 valence electrons. The molecule has 2 rings (SSSR count). The lowest BCUT2D eigenvalue weighted by Gasteiger charge is -2.19. The van der Waals surface area contributed by atoms with Gasteiger partial charge in [-0.25, -0.2) is 8.42 Å². The smallest absolute Gasteiger partial charge is 0.250 e. The summed E-state index contributed by atoms with van der Waals surface area (Å²) in [6.07, 6.45) is 2.71. The third-order valence-electron chi connectivity index (χ3n) is 3.59. The van der Waals surface area contributed by atoms with E-state index in [1.165, 1.54) is 17.6 Å². The lowest BCUT2D eigenvalue weighted by atomic mass is 10.0. The second-order valence-corrected chi connectivity index (χ2v) is 9.28. The van der Waals surface area contributed by atoms with Crippen LogP contribution in [0.15, 0.2) is 39.2 Å². The Morgan fingerprint density at radius 1 is 1.28 bits per heavy atom. The number of carbonyl (C=O) groups is 1. The van der Waals surface area contributed by atoms with Gasteiger partial charge in [-0.05, 0) is 43.0 Å². The molecular formula is C17H24N2O4S2. The molecule has 0 unspecified atom stereocenters. The first-order valence-electron chi connectivity index (χ1n) is 8.23. The SMILES string of the molecule is CCc1ccc(S(=O)(=O)N[C@H](CC(C)C)C(=O)NCc2ccco2)s1. The number of amides is 1. The standard InChI is InChI=1S/C17H24N2O4S2/c1-4-14-7-8-16(24-14)25(21,22)19-15(10-12(2)3)17(20)18-11-13-6-5-9-23-13/h5-9,12,15,19H,4,10-11H2,1-3H3,(H,18,20)/t15-/m1/s1. The van der Waals surface area contributed by atoms with Crippen molar-refractivity contribution in [1.82, 2.24) is 10.0 Å². The first-order chi connectivity index (χ1) is 11.8. The number of aryl methyl sites for hydroxylation is 1. The van der Waals surface area contributed by atoms with E-state index in [1.54, 1.807) is 24.3 Å². The largest absolute Gasteiger partial charge is 0.467 e. The van der Waals surface area contributed by atoms with Gasteiger partial charge >= 0.3 is 0 Å². The van der Waals surface area contributed by atoms with Crippen molar-refractivity contribution < 1.29 is 17.6 Å².